The summed E-state index contributed by atoms with van der Waals surface area (Å²) in [5.74, 6) is -1.06. The average molecular weight is 415 g/mol. The van der Waals surface area contributed by atoms with Crippen LogP contribution >= 0.6 is 0 Å². The Morgan fingerprint density at radius 2 is 1.68 bits per heavy atom. The predicted molar refractivity (Wildman–Crippen MR) is 114 cm³/mol. The van der Waals surface area contributed by atoms with E-state index in [4.69, 9.17) is 4.42 Å². The first-order chi connectivity index (χ1) is 15.1. The van der Waals surface area contributed by atoms with Gasteiger partial charge in [0.15, 0.2) is 5.43 Å². The van der Waals surface area contributed by atoms with Crippen molar-refractivity contribution in [1.29, 1.82) is 0 Å². The largest absolute Gasteiger partial charge is 0.464 e. The normalized spacial score (nSPS) is 17.9. The van der Waals surface area contributed by atoms with Crippen LogP contribution in [0.3, 0.4) is 0 Å². The van der Waals surface area contributed by atoms with Gasteiger partial charge in [-0.2, -0.15) is 0 Å². The summed E-state index contributed by atoms with van der Waals surface area (Å²) in [6, 6.07) is 20.0. The molecular weight excluding hydrogens is 397 g/mol. The fraction of sp³-hybridized carbons (Fsp3) is 0.120. The standard InChI is InChI=1S/C25H18FNO4/c26-17-10-11-21-19(12-17)25(15-28,24(30)27(21)13-16-6-2-1-3-7-16)20-14-31-22-9-5-4-8-18(22)23(20)29/h1-12,14,28H,13,15H2/t25-/m1/s1. The van der Waals surface area contributed by atoms with Crippen LogP contribution in [-0.4, -0.2) is 17.6 Å². The third-order valence-electron chi connectivity index (χ3n) is 5.88. The van der Waals surface area contributed by atoms with Gasteiger partial charge in [0.1, 0.15) is 16.8 Å². The minimum atomic E-state index is -1.75. The van der Waals surface area contributed by atoms with Gasteiger partial charge in [0, 0.05) is 11.3 Å². The molecule has 31 heavy (non-hydrogen) atoms. The molecule has 3 aromatic carbocycles. The maximum Gasteiger partial charge on any atom is 0.245 e. The van der Waals surface area contributed by atoms with Crippen molar-refractivity contribution in [3.05, 3.63) is 112 Å². The van der Waals surface area contributed by atoms with Crippen molar-refractivity contribution in [1.82, 2.24) is 0 Å². The number of halogens is 1. The van der Waals surface area contributed by atoms with Crippen molar-refractivity contribution in [2.24, 2.45) is 0 Å². The van der Waals surface area contributed by atoms with E-state index in [0.29, 0.717) is 16.7 Å². The molecule has 0 bridgehead atoms. The van der Waals surface area contributed by atoms with Crippen LogP contribution < -0.4 is 10.3 Å². The van der Waals surface area contributed by atoms with Crippen molar-refractivity contribution in [3.63, 3.8) is 0 Å². The molecule has 154 valence electrons. The Hall–Kier alpha value is -3.77. The molecule has 1 aliphatic rings. The highest BCUT2D eigenvalue weighted by molar-refractivity contribution is 6.10. The van der Waals surface area contributed by atoms with Gasteiger partial charge in [-0.05, 0) is 35.9 Å². The van der Waals surface area contributed by atoms with E-state index in [0.717, 1.165) is 5.56 Å². The van der Waals surface area contributed by atoms with Crippen LogP contribution in [-0.2, 0) is 16.8 Å². The number of rotatable bonds is 4. The van der Waals surface area contributed by atoms with Crippen molar-refractivity contribution in [3.8, 4) is 0 Å². The van der Waals surface area contributed by atoms with E-state index < -0.39 is 29.2 Å². The molecule has 5 rings (SSSR count). The topological polar surface area (TPSA) is 70.8 Å². The first kappa shape index (κ1) is 19.2. The first-order valence-electron chi connectivity index (χ1n) is 9.84. The lowest BCUT2D eigenvalue weighted by atomic mass is 9.76. The second kappa shape index (κ2) is 7.18. The number of carbonyl (C=O) groups excluding carboxylic acids is 1. The van der Waals surface area contributed by atoms with Crippen LogP contribution in [0.2, 0.25) is 0 Å². The third-order valence-corrected chi connectivity index (χ3v) is 5.88. The minimum absolute atomic E-state index is 0.0129. The summed E-state index contributed by atoms with van der Waals surface area (Å²) in [5.41, 5.74) is -0.255. The predicted octanol–water partition coefficient (Wildman–Crippen LogP) is 3.76. The van der Waals surface area contributed by atoms with Crippen LogP contribution in [0.5, 0.6) is 0 Å². The second-order valence-corrected chi connectivity index (χ2v) is 7.58. The molecule has 0 radical (unpaired) electrons. The molecule has 0 saturated heterocycles. The fourth-order valence-electron chi connectivity index (χ4n) is 4.33. The van der Waals surface area contributed by atoms with Gasteiger partial charge in [0.25, 0.3) is 0 Å². The van der Waals surface area contributed by atoms with Crippen LogP contribution in [0.15, 0.2) is 88.3 Å². The molecule has 0 spiro atoms. The average Bonchev–Trinajstić information content (AvgIpc) is 3.02. The van der Waals surface area contributed by atoms with Crippen LogP contribution in [0.1, 0.15) is 16.7 Å². The molecular formula is C25H18FNO4. The first-order valence-corrected chi connectivity index (χ1v) is 9.84. The van der Waals surface area contributed by atoms with E-state index in [1.54, 1.807) is 24.3 Å². The molecule has 0 fully saturated rings. The zero-order valence-corrected chi connectivity index (χ0v) is 16.4. The monoisotopic (exact) mass is 415 g/mol. The van der Waals surface area contributed by atoms with Gasteiger partial charge in [-0.25, -0.2) is 4.39 Å². The van der Waals surface area contributed by atoms with E-state index in [2.05, 4.69) is 0 Å². The minimum Gasteiger partial charge on any atom is -0.464 e. The molecule has 6 heteroatoms. The Kier molecular flexibility index (Phi) is 4.45. The van der Waals surface area contributed by atoms with Gasteiger partial charge in [-0.3, -0.25) is 9.59 Å². The maximum absolute atomic E-state index is 14.3. The molecule has 1 amide bonds. The number of aliphatic hydroxyl groups excluding tert-OH is 1. The molecule has 2 heterocycles. The van der Waals surface area contributed by atoms with E-state index in [1.165, 1.54) is 29.4 Å². The van der Waals surface area contributed by atoms with Crippen LogP contribution in [0.4, 0.5) is 10.1 Å². The molecule has 4 aromatic rings. The number of para-hydroxylation sites is 1. The number of nitrogens with zero attached hydrogens (tertiary/aromatic N) is 1. The highest BCUT2D eigenvalue weighted by atomic mass is 19.1. The van der Waals surface area contributed by atoms with E-state index in [9.17, 15) is 19.1 Å². The van der Waals surface area contributed by atoms with E-state index >= 15 is 0 Å². The van der Waals surface area contributed by atoms with Gasteiger partial charge in [-0.1, -0.05) is 42.5 Å². The number of fused-ring (bicyclic) bond motifs is 2. The van der Waals surface area contributed by atoms with Crippen LogP contribution in [0.25, 0.3) is 11.0 Å². The quantitative estimate of drug-likeness (QED) is 0.551. The van der Waals surface area contributed by atoms with E-state index in [-0.39, 0.29) is 17.7 Å². The molecule has 5 nitrogen and oxygen atoms in total. The van der Waals surface area contributed by atoms with Crippen molar-refractivity contribution in [2.45, 2.75) is 12.0 Å². The number of amides is 1. The smallest absolute Gasteiger partial charge is 0.245 e. The summed E-state index contributed by atoms with van der Waals surface area (Å²) in [7, 11) is 0. The summed E-state index contributed by atoms with van der Waals surface area (Å²) < 4.78 is 19.9. The number of aliphatic hydroxyl groups is 1. The lowest BCUT2D eigenvalue weighted by molar-refractivity contribution is -0.123. The summed E-state index contributed by atoms with van der Waals surface area (Å²) in [6.45, 7) is -0.477. The number of hydrogen-bond acceptors (Lipinski definition) is 4. The van der Waals surface area contributed by atoms with Gasteiger partial charge in [0.05, 0.1) is 30.4 Å². The zero-order valence-electron chi connectivity index (χ0n) is 16.4. The maximum atomic E-state index is 14.3. The van der Waals surface area contributed by atoms with Crippen LogP contribution in [0, 0.1) is 5.82 Å². The lowest BCUT2D eigenvalue weighted by Crippen LogP contribution is -2.46. The highest BCUT2D eigenvalue weighted by Crippen LogP contribution is 2.46. The molecule has 1 N–H and O–H groups in total. The van der Waals surface area contributed by atoms with Crippen molar-refractivity contribution in [2.75, 3.05) is 11.5 Å². The molecule has 1 atom stereocenters. The summed E-state index contributed by atoms with van der Waals surface area (Å²) in [6.07, 6.45) is 1.21. The van der Waals surface area contributed by atoms with Gasteiger partial charge >= 0.3 is 0 Å². The number of hydrogen-bond donors (Lipinski definition) is 1. The zero-order chi connectivity index (χ0) is 21.6. The summed E-state index contributed by atoms with van der Waals surface area (Å²) in [5, 5.41) is 10.8. The SMILES string of the molecule is O=C1N(Cc2ccccc2)c2ccc(F)cc2[C@]1(CO)c1coc2ccccc2c1=O. The molecule has 0 aliphatic carbocycles. The Morgan fingerprint density at radius 1 is 0.935 bits per heavy atom. The number of benzene rings is 3. The Morgan fingerprint density at radius 3 is 2.45 bits per heavy atom. The fourth-order valence-corrected chi connectivity index (χ4v) is 4.33. The molecule has 0 saturated carbocycles. The summed E-state index contributed by atoms with van der Waals surface area (Å²) in [4.78, 5) is 28.6. The van der Waals surface area contributed by atoms with Crippen molar-refractivity contribution >= 4 is 22.6 Å². The highest BCUT2D eigenvalue weighted by Gasteiger charge is 2.54. The number of anilines is 1. The third kappa shape index (κ3) is 2.79. The van der Waals surface area contributed by atoms with Gasteiger partial charge in [-0.15, -0.1) is 0 Å². The Bertz CT molecular complexity index is 1370. The lowest BCUT2D eigenvalue weighted by Gasteiger charge is -2.26. The Balaban J connectivity index is 1.76. The van der Waals surface area contributed by atoms with Gasteiger partial charge < -0.3 is 14.4 Å². The second-order valence-electron chi connectivity index (χ2n) is 7.58. The molecule has 1 aromatic heterocycles. The van der Waals surface area contributed by atoms with E-state index in [1.807, 2.05) is 30.3 Å². The molecule has 0 unspecified atom stereocenters. The summed E-state index contributed by atoms with van der Waals surface area (Å²) >= 11 is 0. The Labute approximate surface area is 177 Å². The number of carbonyl (C=O) groups is 1. The van der Waals surface area contributed by atoms with Gasteiger partial charge in [0.2, 0.25) is 5.91 Å². The molecule has 1 aliphatic heterocycles. The van der Waals surface area contributed by atoms with Crippen molar-refractivity contribution < 1.29 is 18.7 Å².